The summed E-state index contributed by atoms with van der Waals surface area (Å²) in [5, 5.41) is 0. The second-order valence-corrected chi connectivity index (χ2v) is 4.98. The van der Waals surface area contributed by atoms with Gasteiger partial charge in [0.25, 0.3) is 0 Å². The van der Waals surface area contributed by atoms with Crippen molar-refractivity contribution in [2.75, 3.05) is 13.2 Å². The van der Waals surface area contributed by atoms with Crippen LogP contribution in [0.2, 0.25) is 0 Å². The lowest BCUT2D eigenvalue weighted by atomic mass is 10.3. The number of nitrogens with two attached hydrogens (primary N) is 3. The lowest BCUT2D eigenvalue weighted by molar-refractivity contribution is -0.160. The summed E-state index contributed by atoms with van der Waals surface area (Å²) in [6.07, 6.45) is 2.16. The van der Waals surface area contributed by atoms with Crippen LogP contribution in [0.15, 0.2) is 35.3 Å². The molecular weight excluding hydrogens is 318 g/mol. The zero-order chi connectivity index (χ0) is 18.7. The second-order valence-electron chi connectivity index (χ2n) is 4.98. The fourth-order valence-corrected chi connectivity index (χ4v) is 1.31. The van der Waals surface area contributed by atoms with E-state index in [2.05, 4.69) is 0 Å². The van der Waals surface area contributed by atoms with Crippen molar-refractivity contribution in [3.8, 4) is 0 Å². The molecule has 0 unspecified atom stereocenters. The van der Waals surface area contributed by atoms with Crippen LogP contribution in [0, 0.1) is 0 Å². The number of ether oxygens (including phenoxy) is 3. The monoisotopic (exact) mass is 341 g/mol. The highest BCUT2D eigenvalue weighted by Crippen LogP contribution is 2.01. The first kappa shape index (κ1) is 21.0. The zero-order valence-electron chi connectivity index (χ0n) is 13.9. The fraction of sp³-hybridized carbons (Fsp3) is 0.400. The van der Waals surface area contributed by atoms with Crippen LogP contribution >= 0.6 is 0 Å². The molecule has 0 atom stereocenters. The summed E-state index contributed by atoms with van der Waals surface area (Å²) in [6, 6.07) is 0. The molecular formula is C15H23N3O6. The van der Waals surface area contributed by atoms with E-state index in [0.29, 0.717) is 0 Å². The molecule has 0 spiro atoms. The number of carbonyl (C=O) groups excluding carboxylic acids is 3. The summed E-state index contributed by atoms with van der Waals surface area (Å²) < 4.78 is 14.8. The molecule has 9 heteroatoms. The van der Waals surface area contributed by atoms with Gasteiger partial charge in [-0.1, -0.05) is 0 Å². The Bertz CT molecular complexity index is 520. The highest BCUT2D eigenvalue weighted by atomic mass is 16.6. The Balaban J connectivity index is 4.76. The first-order chi connectivity index (χ1) is 11.1. The fourth-order valence-electron chi connectivity index (χ4n) is 1.31. The third kappa shape index (κ3) is 11.7. The third-order valence-corrected chi connectivity index (χ3v) is 2.14. The van der Waals surface area contributed by atoms with Gasteiger partial charge in [-0.05, 0) is 20.8 Å². The predicted molar refractivity (Wildman–Crippen MR) is 85.6 cm³/mol. The van der Waals surface area contributed by atoms with Crippen LogP contribution in [0.3, 0.4) is 0 Å². The van der Waals surface area contributed by atoms with Crippen molar-refractivity contribution in [2.24, 2.45) is 17.2 Å². The molecule has 24 heavy (non-hydrogen) atoms. The molecule has 0 aliphatic heterocycles. The lowest BCUT2D eigenvalue weighted by Crippen LogP contribution is -2.30. The molecule has 0 radical (unpaired) electrons. The first-order valence-electron chi connectivity index (χ1n) is 6.95. The number of hydrogen-bond acceptors (Lipinski definition) is 9. The largest absolute Gasteiger partial charge is 0.458 e. The summed E-state index contributed by atoms with van der Waals surface area (Å²) in [5.74, 6) is -2.19. The Morgan fingerprint density at radius 1 is 0.750 bits per heavy atom. The number of rotatable bonds is 8. The highest BCUT2D eigenvalue weighted by molar-refractivity contribution is 5.84. The topological polar surface area (TPSA) is 157 Å². The van der Waals surface area contributed by atoms with Gasteiger partial charge in [0.2, 0.25) is 0 Å². The molecule has 0 saturated heterocycles. The van der Waals surface area contributed by atoms with Crippen molar-refractivity contribution in [3.05, 3.63) is 35.3 Å². The standard InChI is InChI=1S/C15H23N3O6/c1-9(16)4-13(19)22-7-12(24-15(21)6-11(3)18)8-23-14(20)5-10(2)17/h4-6,12H,7-8,16-18H2,1-3H3/b9-4-,10-5-,11-6-. The summed E-state index contributed by atoms with van der Waals surface area (Å²) in [7, 11) is 0. The molecule has 134 valence electrons. The average Bonchev–Trinajstić information content (AvgIpc) is 2.39. The van der Waals surface area contributed by atoms with Gasteiger partial charge < -0.3 is 31.4 Å². The van der Waals surface area contributed by atoms with Crippen LogP contribution in [-0.4, -0.2) is 37.2 Å². The maximum Gasteiger partial charge on any atom is 0.333 e. The molecule has 9 nitrogen and oxygen atoms in total. The van der Waals surface area contributed by atoms with Crippen LogP contribution in [0.4, 0.5) is 0 Å². The molecule has 0 aromatic heterocycles. The van der Waals surface area contributed by atoms with Gasteiger partial charge in [0.1, 0.15) is 13.2 Å². The van der Waals surface area contributed by atoms with E-state index in [-0.39, 0.29) is 30.3 Å². The Labute approximate surface area is 140 Å². The number of allylic oxidation sites excluding steroid dienone is 3. The smallest absolute Gasteiger partial charge is 0.333 e. The van der Waals surface area contributed by atoms with Crippen LogP contribution in [0.5, 0.6) is 0 Å². The summed E-state index contributed by atoms with van der Waals surface area (Å²) in [4.78, 5) is 34.4. The zero-order valence-corrected chi connectivity index (χ0v) is 13.9. The van der Waals surface area contributed by atoms with Crippen molar-refractivity contribution in [1.82, 2.24) is 0 Å². The van der Waals surface area contributed by atoms with Gasteiger partial charge in [0.05, 0.1) is 0 Å². The van der Waals surface area contributed by atoms with Gasteiger partial charge in [-0.25, -0.2) is 14.4 Å². The molecule has 0 fully saturated rings. The van der Waals surface area contributed by atoms with Gasteiger partial charge >= 0.3 is 17.9 Å². The van der Waals surface area contributed by atoms with Crippen molar-refractivity contribution in [1.29, 1.82) is 0 Å². The molecule has 0 aromatic carbocycles. The highest BCUT2D eigenvalue weighted by Gasteiger charge is 2.18. The number of carbonyl (C=O) groups is 3. The van der Waals surface area contributed by atoms with Crippen molar-refractivity contribution in [2.45, 2.75) is 26.9 Å². The Morgan fingerprint density at radius 3 is 1.42 bits per heavy atom. The summed E-state index contributed by atoms with van der Waals surface area (Å²) in [5.41, 5.74) is 16.8. The van der Waals surface area contributed by atoms with E-state index in [1.54, 1.807) is 0 Å². The molecule has 0 bridgehead atoms. The Hall–Kier alpha value is -2.97. The number of hydrogen-bond donors (Lipinski definition) is 3. The molecule has 6 N–H and O–H groups in total. The number of esters is 3. The average molecular weight is 341 g/mol. The van der Waals surface area contributed by atoms with E-state index in [9.17, 15) is 14.4 Å². The molecule has 0 heterocycles. The SMILES string of the molecule is C/C(N)=C/C(=O)OCC(COC(=O)/C=C(/C)N)OC(=O)/C=C(/C)N. The third-order valence-electron chi connectivity index (χ3n) is 2.14. The van der Waals surface area contributed by atoms with Gasteiger partial charge in [0, 0.05) is 35.3 Å². The first-order valence-corrected chi connectivity index (χ1v) is 6.95. The molecule has 0 aromatic rings. The van der Waals surface area contributed by atoms with Crippen LogP contribution in [0.25, 0.3) is 0 Å². The van der Waals surface area contributed by atoms with Gasteiger partial charge in [-0.3, -0.25) is 0 Å². The minimum Gasteiger partial charge on any atom is -0.458 e. The van der Waals surface area contributed by atoms with Gasteiger partial charge in [0.15, 0.2) is 6.10 Å². The quantitative estimate of drug-likeness (QED) is 0.303. The lowest BCUT2D eigenvalue weighted by Gasteiger charge is -2.16. The van der Waals surface area contributed by atoms with E-state index >= 15 is 0 Å². The van der Waals surface area contributed by atoms with Crippen LogP contribution in [-0.2, 0) is 28.6 Å². The van der Waals surface area contributed by atoms with Crippen molar-refractivity contribution in [3.63, 3.8) is 0 Å². The van der Waals surface area contributed by atoms with Gasteiger partial charge in [-0.2, -0.15) is 0 Å². The molecule has 0 aliphatic rings. The van der Waals surface area contributed by atoms with E-state index in [4.69, 9.17) is 31.4 Å². The van der Waals surface area contributed by atoms with E-state index in [1.807, 2.05) is 0 Å². The van der Waals surface area contributed by atoms with Crippen molar-refractivity contribution < 1.29 is 28.6 Å². The maximum absolute atomic E-state index is 11.6. The van der Waals surface area contributed by atoms with E-state index in [0.717, 1.165) is 18.2 Å². The summed E-state index contributed by atoms with van der Waals surface area (Å²) >= 11 is 0. The molecule has 0 aliphatic carbocycles. The summed E-state index contributed by atoms with van der Waals surface area (Å²) in [6.45, 7) is 3.86. The van der Waals surface area contributed by atoms with E-state index in [1.165, 1.54) is 20.8 Å². The maximum atomic E-state index is 11.6. The minimum absolute atomic E-state index is 0.233. The molecule has 0 rings (SSSR count). The van der Waals surface area contributed by atoms with Gasteiger partial charge in [-0.15, -0.1) is 0 Å². The molecule has 0 amide bonds. The van der Waals surface area contributed by atoms with Crippen molar-refractivity contribution >= 4 is 17.9 Å². The Morgan fingerprint density at radius 2 is 1.08 bits per heavy atom. The normalized spacial score (nSPS) is 12.8. The predicted octanol–water partition coefficient (Wildman–Crippen LogP) is -0.428. The van der Waals surface area contributed by atoms with E-state index < -0.39 is 24.0 Å². The van der Waals surface area contributed by atoms with Crippen LogP contribution in [0.1, 0.15) is 20.8 Å². The van der Waals surface area contributed by atoms with Crippen LogP contribution < -0.4 is 17.2 Å². The Kier molecular flexibility index (Phi) is 9.38. The minimum atomic E-state index is -1.01. The second kappa shape index (κ2) is 10.7. The molecule has 0 saturated carbocycles.